The fraction of sp³-hybridized carbons (Fsp3) is 0.500. The molecule has 2 aliphatic carbocycles. The molecule has 3 amide bonds. The molecule has 1 saturated carbocycles. The molecule has 1 N–H and O–H groups in total. The molecule has 1 aliphatic heterocycles. The molecule has 1 saturated heterocycles. The lowest BCUT2D eigenvalue weighted by atomic mass is 9.81. The van der Waals surface area contributed by atoms with Crippen LogP contribution >= 0.6 is 0 Å². The van der Waals surface area contributed by atoms with Gasteiger partial charge in [-0.3, -0.25) is 24.0 Å². The molecule has 31 heavy (non-hydrogen) atoms. The van der Waals surface area contributed by atoms with E-state index >= 15 is 0 Å². The predicted molar refractivity (Wildman–Crippen MR) is 114 cm³/mol. The zero-order chi connectivity index (χ0) is 21.4. The SMILES string of the molecule is O=C(CN1C(=O)[C@H]2CCCC[C@H]2C1=O)N[C@@H]1CCCc2c1cnn2Cc1ccccc1. The summed E-state index contributed by atoms with van der Waals surface area (Å²) in [5, 5.41) is 7.64. The monoisotopic (exact) mass is 420 g/mol. The molecule has 0 unspecified atom stereocenters. The van der Waals surface area contributed by atoms with Gasteiger partial charge < -0.3 is 5.32 Å². The van der Waals surface area contributed by atoms with E-state index in [-0.39, 0.29) is 42.1 Å². The van der Waals surface area contributed by atoms with Gasteiger partial charge in [-0.25, -0.2) is 0 Å². The summed E-state index contributed by atoms with van der Waals surface area (Å²) in [5.74, 6) is -1.03. The third kappa shape index (κ3) is 3.77. The van der Waals surface area contributed by atoms with Crippen molar-refractivity contribution >= 4 is 17.7 Å². The van der Waals surface area contributed by atoms with Gasteiger partial charge in [0.25, 0.3) is 0 Å². The van der Waals surface area contributed by atoms with Crippen LogP contribution in [0, 0.1) is 11.8 Å². The van der Waals surface area contributed by atoms with Crippen LogP contribution in [-0.4, -0.2) is 38.9 Å². The number of nitrogens with one attached hydrogen (secondary N) is 1. The van der Waals surface area contributed by atoms with Crippen molar-refractivity contribution in [3.05, 3.63) is 53.3 Å². The topological polar surface area (TPSA) is 84.3 Å². The lowest BCUT2D eigenvalue weighted by molar-refractivity contribution is -0.143. The van der Waals surface area contributed by atoms with E-state index in [1.165, 1.54) is 10.5 Å². The van der Waals surface area contributed by atoms with Gasteiger partial charge in [0.05, 0.1) is 30.6 Å². The zero-order valence-electron chi connectivity index (χ0n) is 17.6. The Morgan fingerprint density at radius 3 is 2.42 bits per heavy atom. The van der Waals surface area contributed by atoms with E-state index in [2.05, 4.69) is 22.5 Å². The van der Waals surface area contributed by atoms with Gasteiger partial charge in [0.15, 0.2) is 0 Å². The number of rotatable bonds is 5. The Morgan fingerprint density at radius 1 is 1.00 bits per heavy atom. The van der Waals surface area contributed by atoms with Crippen molar-refractivity contribution < 1.29 is 14.4 Å². The van der Waals surface area contributed by atoms with Crippen LogP contribution in [0.5, 0.6) is 0 Å². The highest BCUT2D eigenvalue weighted by molar-refractivity contribution is 6.07. The maximum absolute atomic E-state index is 12.8. The lowest BCUT2D eigenvalue weighted by Gasteiger charge is -2.25. The van der Waals surface area contributed by atoms with Crippen LogP contribution in [0.15, 0.2) is 36.5 Å². The molecular formula is C24H28N4O3. The summed E-state index contributed by atoms with van der Waals surface area (Å²) in [4.78, 5) is 39.3. The first-order valence-electron chi connectivity index (χ1n) is 11.3. The first-order chi connectivity index (χ1) is 15.1. The van der Waals surface area contributed by atoms with Gasteiger partial charge in [-0.15, -0.1) is 0 Å². The molecule has 0 spiro atoms. The molecule has 0 bridgehead atoms. The fourth-order valence-electron chi connectivity index (χ4n) is 5.43. The van der Waals surface area contributed by atoms with Crippen molar-refractivity contribution in [2.75, 3.05) is 6.54 Å². The van der Waals surface area contributed by atoms with Crippen molar-refractivity contribution in [3.63, 3.8) is 0 Å². The van der Waals surface area contributed by atoms with Crippen molar-refractivity contribution in [2.45, 2.75) is 57.5 Å². The van der Waals surface area contributed by atoms with E-state index in [0.29, 0.717) is 6.54 Å². The number of carbonyl (C=O) groups is 3. The molecule has 7 heteroatoms. The highest BCUT2D eigenvalue weighted by Crippen LogP contribution is 2.38. The molecule has 3 aliphatic rings. The second-order valence-corrected chi connectivity index (χ2v) is 8.96. The summed E-state index contributed by atoms with van der Waals surface area (Å²) in [6.07, 6.45) is 8.08. The average molecular weight is 421 g/mol. The Balaban J connectivity index is 1.26. The molecule has 2 fully saturated rings. The van der Waals surface area contributed by atoms with E-state index in [4.69, 9.17) is 0 Å². The number of nitrogens with zero attached hydrogens (tertiary/aromatic N) is 3. The molecule has 5 rings (SSSR count). The Morgan fingerprint density at radius 2 is 1.71 bits per heavy atom. The Kier molecular flexibility index (Phi) is 5.34. The number of amides is 3. The molecule has 1 aromatic carbocycles. The number of imide groups is 1. The van der Waals surface area contributed by atoms with Gasteiger partial charge in [-0.1, -0.05) is 43.2 Å². The number of likely N-dealkylation sites (tertiary alicyclic amines) is 1. The summed E-state index contributed by atoms with van der Waals surface area (Å²) < 4.78 is 2.02. The largest absolute Gasteiger partial charge is 0.348 e. The maximum atomic E-state index is 12.8. The predicted octanol–water partition coefficient (Wildman–Crippen LogP) is 2.60. The van der Waals surface area contributed by atoms with Crippen molar-refractivity contribution in [1.82, 2.24) is 20.0 Å². The van der Waals surface area contributed by atoms with Gasteiger partial charge in [0, 0.05) is 11.3 Å². The molecule has 2 heterocycles. The van der Waals surface area contributed by atoms with E-state index in [1.807, 2.05) is 29.1 Å². The van der Waals surface area contributed by atoms with Crippen LogP contribution in [0.1, 0.15) is 61.4 Å². The molecule has 7 nitrogen and oxygen atoms in total. The fourth-order valence-corrected chi connectivity index (χ4v) is 5.43. The summed E-state index contributed by atoms with van der Waals surface area (Å²) >= 11 is 0. The minimum Gasteiger partial charge on any atom is -0.348 e. The van der Waals surface area contributed by atoms with Gasteiger partial charge in [0.1, 0.15) is 6.54 Å². The second kappa shape index (κ2) is 8.29. The Hall–Kier alpha value is -2.96. The van der Waals surface area contributed by atoms with Crippen LogP contribution in [0.3, 0.4) is 0 Å². The van der Waals surface area contributed by atoms with Crippen LogP contribution in [0.4, 0.5) is 0 Å². The number of hydrogen-bond acceptors (Lipinski definition) is 4. The average Bonchev–Trinajstić information content (AvgIpc) is 3.30. The number of carbonyl (C=O) groups excluding carboxylic acids is 3. The van der Waals surface area contributed by atoms with Gasteiger partial charge in [0.2, 0.25) is 17.7 Å². The van der Waals surface area contributed by atoms with Crippen molar-refractivity contribution in [3.8, 4) is 0 Å². The van der Waals surface area contributed by atoms with Crippen LogP contribution in [-0.2, 0) is 27.3 Å². The summed E-state index contributed by atoms with van der Waals surface area (Å²) in [6.45, 7) is 0.533. The minimum absolute atomic E-state index is 0.129. The van der Waals surface area contributed by atoms with E-state index in [9.17, 15) is 14.4 Å². The quantitative estimate of drug-likeness (QED) is 0.754. The van der Waals surface area contributed by atoms with Crippen LogP contribution in [0.25, 0.3) is 0 Å². The maximum Gasteiger partial charge on any atom is 0.240 e. The van der Waals surface area contributed by atoms with E-state index in [1.54, 1.807) is 0 Å². The molecule has 2 aromatic rings. The standard InChI is InChI=1S/C24H28N4O3/c29-22(15-27-23(30)17-9-4-5-10-18(17)24(27)31)26-20-11-6-12-21-19(20)13-25-28(21)14-16-7-2-1-3-8-16/h1-3,7-8,13,17-18,20H,4-6,9-12,14-15H2,(H,26,29)/t17-,18+,20-/m1/s1. The second-order valence-electron chi connectivity index (χ2n) is 8.96. The molecule has 3 atom stereocenters. The Bertz CT molecular complexity index is 976. The lowest BCUT2D eigenvalue weighted by Crippen LogP contribution is -2.42. The molecule has 162 valence electrons. The molecule has 0 radical (unpaired) electrons. The van der Waals surface area contributed by atoms with E-state index < -0.39 is 0 Å². The Labute approximate surface area is 181 Å². The summed E-state index contributed by atoms with van der Waals surface area (Å²) in [6, 6.07) is 10.1. The van der Waals surface area contributed by atoms with Crippen LogP contribution in [0.2, 0.25) is 0 Å². The normalized spacial score (nSPS) is 25.3. The number of fused-ring (bicyclic) bond motifs is 2. The smallest absolute Gasteiger partial charge is 0.240 e. The number of hydrogen-bond donors (Lipinski definition) is 1. The van der Waals surface area contributed by atoms with E-state index in [0.717, 1.165) is 56.2 Å². The van der Waals surface area contributed by atoms with Crippen LogP contribution < -0.4 is 5.32 Å². The van der Waals surface area contributed by atoms with Gasteiger partial charge >= 0.3 is 0 Å². The van der Waals surface area contributed by atoms with Gasteiger partial charge in [-0.05, 0) is 37.7 Å². The number of benzene rings is 1. The highest BCUT2D eigenvalue weighted by Gasteiger charge is 2.48. The minimum atomic E-state index is -0.269. The summed E-state index contributed by atoms with van der Waals surface area (Å²) in [7, 11) is 0. The third-order valence-electron chi connectivity index (χ3n) is 7.01. The highest BCUT2D eigenvalue weighted by atomic mass is 16.2. The molecule has 1 aromatic heterocycles. The number of aromatic nitrogens is 2. The summed E-state index contributed by atoms with van der Waals surface area (Å²) in [5.41, 5.74) is 3.38. The van der Waals surface area contributed by atoms with Crippen molar-refractivity contribution in [2.24, 2.45) is 11.8 Å². The zero-order valence-corrected chi connectivity index (χ0v) is 17.6. The third-order valence-corrected chi connectivity index (χ3v) is 7.01. The first-order valence-corrected chi connectivity index (χ1v) is 11.3. The van der Waals surface area contributed by atoms with Crippen molar-refractivity contribution in [1.29, 1.82) is 0 Å². The first kappa shape index (κ1) is 20.0. The van der Waals surface area contributed by atoms with Gasteiger partial charge in [-0.2, -0.15) is 5.10 Å². The molecular weight excluding hydrogens is 392 g/mol.